The first-order valence-electron chi connectivity index (χ1n) is 10.2. The number of anilines is 2. The molecule has 0 unspecified atom stereocenters. The van der Waals surface area contributed by atoms with Gasteiger partial charge in [0.2, 0.25) is 15.9 Å². The van der Waals surface area contributed by atoms with E-state index in [1.165, 1.54) is 18.2 Å². The number of nitrogens with one attached hydrogen (secondary N) is 2. The normalized spacial score (nSPS) is 12.0. The minimum atomic E-state index is -3.82. The molecule has 10 heteroatoms. The number of halogens is 2. The molecule has 0 spiro atoms. The van der Waals surface area contributed by atoms with E-state index in [9.17, 15) is 18.0 Å². The van der Waals surface area contributed by atoms with Crippen molar-refractivity contribution in [2.75, 3.05) is 22.4 Å². The molecule has 3 aromatic carbocycles. The molecule has 0 aromatic heterocycles. The Morgan fingerprint density at radius 1 is 0.941 bits per heavy atom. The van der Waals surface area contributed by atoms with E-state index in [2.05, 4.69) is 10.6 Å². The first kappa shape index (κ1) is 25.6. The van der Waals surface area contributed by atoms with Crippen LogP contribution in [0.1, 0.15) is 28.9 Å². The van der Waals surface area contributed by atoms with Crippen LogP contribution in [0.4, 0.5) is 11.4 Å². The van der Waals surface area contributed by atoms with E-state index >= 15 is 0 Å². The van der Waals surface area contributed by atoms with Crippen LogP contribution in [0.25, 0.3) is 0 Å². The van der Waals surface area contributed by atoms with Gasteiger partial charge in [-0.05, 0) is 42.8 Å². The van der Waals surface area contributed by atoms with Crippen molar-refractivity contribution in [3.05, 3.63) is 94.0 Å². The average Bonchev–Trinajstić information content (AvgIpc) is 2.79. The number of rotatable bonds is 8. The van der Waals surface area contributed by atoms with E-state index in [4.69, 9.17) is 23.2 Å². The molecule has 0 aliphatic rings. The standard InChI is InChI=1S/C24H23Cl2N3O4S/c1-16(17-8-4-3-5-9-17)27-24(31)19-10-6-7-11-22(19)28-23(30)15-29(34(2,32)33)18-12-13-20(25)21(26)14-18/h3-14,16H,15H2,1-2H3,(H,27,31)(H,28,30)/t16-/m0/s1. The topological polar surface area (TPSA) is 95.6 Å². The molecule has 0 fully saturated rings. The zero-order valence-corrected chi connectivity index (χ0v) is 20.8. The lowest BCUT2D eigenvalue weighted by Crippen LogP contribution is -2.37. The smallest absolute Gasteiger partial charge is 0.253 e. The molecular weight excluding hydrogens is 497 g/mol. The largest absolute Gasteiger partial charge is 0.345 e. The van der Waals surface area contributed by atoms with E-state index in [1.54, 1.807) is 24.3 Å². The van der Waals surface area contributed by atoms with E-state index in [1.807, 2.05) is 37.3 Å². The maximum atomic E-state index is 12.9. The van der Waals surface area contributed by atoms with Gasteiger partial charge in [0.05, 0.1) is 39.3 Å². The van der Waals surface area contributed by atoms with E-state index < -0.39 is 22.5 Å². The molecule has 0 radical (unpaired) electrons. The van der Waals surface area contributed by atoms with Gasteiger partial charge >= 0.3 is 0 Å². The Bertz CT molecular complexity index is 1300. The monoisotopic (exact) mass is 519 g/mol. The molecule has 0 bridgehead atoms. The lowest BCUT2D eigenvalue weighted by atomic mass is 10.1. The van der Waals surface area contributed by atoms with Crippen LogP contribution < -0.4 is 14.9 Å². The van der Waals surface area contributed by atoms with Crippen molar-refractivity contribution in [2.24, 2.45) is 0 Å². The third kappa shape index (κ3) is 6.50. The molecule has 178 valence electrons. The fourth-order valence-corrected chi connectivity index (χ4v) is 4.39. The highest BCUT2D eigenvalue weighted by atomic mass is 35.5. The Balaban J connectivity index is 1.78. The van der Waals surface area contributed by atoms with Crippen LogP contribution in [-0.4, -0.2) is 33.0 Å². The first-order valence-corrected chi connectivity index (χ1v) is 12.8. The fourth-order valence-electron chi connectivity index (χ4n) is 3.25. The number of amides is 2. The van der Waals surface area contributed by atoms with Crippen LogP contribution >= 0.6 is 23.2 Å². The van der Waals surface area contributed by atoms with Gasteiger partial charge in [-0.25, -0.2) is 8.42 Å². The quantitative estimate of drug-likeness (QED) is 0.442. The molecule has 7 nitrogen and oxygen atoms in total. The Morgan fingerprint density at radius 2 is 1.59 bits per heavy atom. The lowest BCUT2D eigenvalue weighted by Gasteiger charge is -2.22. The maximum absolute atomic E-state index is 12.9. The number of hydrogen-bond acceptors (Lipinski definition) is 4. The predicted octanol–water partition coefficient (Wildman–Crippen LogP) is 4.89. The maximum Gasteiger partial charge on any atom is 0.253 e. The average molecular weight is 520 g/mol. The molecule has 3 aromatic rings. The Labute approximate surface area is 208 Å². The van der Waals surface area contributed by atoms with Crippen LogP contribution in [0.2, 0.25) is 10.0 Å². The molecular formula is C24H23Cl2N3O4S. The molecule has 3 rings (SSSR count). The predicted molar refractivity (Wildman–Crippen MR) is 136 cm³/mol. The van der Waals surface area contributed by atoms with Crippen LogP contribution in [0.3, 0.4) is 0 Å². The second-order valence-electron chi connectivity index (χ2n) is 7.57. The van der Waals surface area contributed by atoms with Gasteiger partial charge in [0.15, 0.2) is 0 Å². The summed E-state index contributed by atoms with van der Waals surface area (Å²) in [5.74, 6) is -1.01. The number of carbonyl (C=O) groups is 2. The molecule has 0 saturated carbocycles. The van der Waals surface area contributed by atoms with Gasteiger partial charge < -0.3 is 10.6 Å². The summed E-state index contributed by atoms with van der Waals surface area (Å²) in [7, 11) is -3.82. The molecule has 0 aliphatic carbocycles. The number of benzene rings is 3. The van der Waals surface area contributed by atoms with E-state index in [0.29, 0.717) is 0 Å². The Hall–Kier alpha value is -3.07. The molecule has 0 heterocycles. The second kappa shape index (κ2) is 10.9. The summed E-state index contributed by atoms with van der Waals surface area (Å²) in [6, 6.07) is 20.0. The SMILES string of the molecule is C[C@H](NC(=O)c1ccccc1NC(=O)CN(c1ccc(Cl)c(Cl)c1)S(C)(=O)=O)c1ccccc1. The highest BCUT2D eigenvalue weighted by molar-refractivity contribution is 7.92. The van der Waals surface area contributed by atoms with Gasteiger partial charge in [-0.15, -0.1) is 0 Å². The Morgan fingerprint density at radius 3 is 2.24 bits per heavy atom. The van der Waals surface area contributed by atoms with Gasteiger partial charge in [0.1, 0.15) is 6.54 Å². The van der Waals surface area contributed by atoms with Crippen LogP contribution in [-0.2, 0) is 14.8 Å². The Kier molecular flexibility index (Phi) is 8.19. The van der Waals surface area contributed by atoms with E-state index in [0.717, 1.165) is 16.1 Å². The van der Waals surface area contributed by atoms with Gasteiger partial charge in [-0.3, -0.25) is 13.9 Å². The number of nitrogens with zero attached hydrogens (tertiary/aromatic N) is 1. The van der Waals surface area contributed by atoms with Crippen LogP contribution in [0, 0.1) is 0 Å². The van der Waals surface area contributed by atoms with Crippen LogP contribution in [0.15, 0.2) is 72.8 Å². The zero-order chi connectivity index (χ0) is 24.9. The van der Waals surface area contributed by atoms with Crippen molar-refractivity contribution in [1.29, 1.82) is 0 Å². The molecule has 0 aliphatic heterocycles. The third-order valence-electron chi connectivity index (χ3n) is 4.97. The van der Waals surface area contributed by atoms with Crippen molar-refractivity contribution in [3.8, 4) is 0 Å². The number of carbonyl (C=O) groups excluding carboxylic acids is 2. The summed E-state index contributed by atoms with van der Waals surface area (Å²) in [6.07, 6.45) is 0.981. The summed E-state index contributed by atoms with van der Waals surface area (Å²) >= 11 is 11.9. The van der Waals surface area contributed by atoms with Crippen molar-refractivity contribution in [2.45, 2.75) is 13.0 Å². The minimum Gasteiger partial charge on any atom is -0.345 e. The molecule has 2 N–H and O–H groups in total. The molecule has 2 amide bonds. The highest BCUT2D eigenvalue weighted by Gasteiger charge is 2.23. The summed E-state index contributed by atoms with van der Waals surface area (Å²) in [4.78, 5) is 25.7. The fraction of sp³-hybridized carbons (Fsp3) is 0.167. The number of hydrogen-bond donors (Lipinski definition) is 2. The molecule has 0 saturated heterocycles. The van der Waals surface area contributed by atoms with Gasteiger partial charge in [-0.1, -0.05) is 65.7 Å². The number of sulfonamides is 1. The molecule has 34 heavy (non-hydrogen) atoms. The van der Waals surface area contributed by atoms with Gasteiger partial charge in [-0.2, -0.15) is 0 Å². The summed E-state index contributed by atoms with van der Waals surface area (Å²) in [5, 5.41) is 5.96. The van der Waals surface area contributed by atoms with Gasteiger partial charge in [0.25, 0.3) is 5.91 Å². The van der Waals surface area contributed by atoms with Crippen molar-refractivity contribution < 1.29 is 18.0 Å². The van der Waals surface area contributed by atoms with Crippen LogP contribution in [0.5, 0.6) is 0 Å². The summed E-state index contributed by atoms with van der Waals surface area (Å²) in [5.41, 5.74) is 1.63. The number of para-hydroxylation sites is 1. The molecule has 1 atom stereocenters. The van der Waals surface area contributed by atoms with Crippen molar-refractivity contribution in [3.63, 3.8) is 0 Å². The van der Waals surface area contributed by atoms with Crippen molar-refractivity contribution >= 4 is 56.4 Å². The zero-order valence-electron chi connectivity index (χ0n) is 18.5. The first-order chi connectivity index (χ1) is 16.1. The summed E-state index contributed by atoms with van der Waals surface area (Å²) < 4.78 is 25.6. The third-order valence-corrected chi connectivity index (χ3v) is 6.85. The summed E-state index contributed by atoms with van der Waals surface area (Å²) in [6.45, 7) is 1.34. The van der Waals surface area contributed by atoms with Crippen molar-refractivity contribution in [1.82, 2.24) is 5.32 Å². The minimum absolute atomic E-state index is 0.155. The van der Waals surface area contributed by atoms with E-state index in [-0.39, 0.29) is 38.9 Å². The highest BCUT2D eigenvalue weighted by Crippen LogP contribution is 2.28. The lowest BCUT2D eigenvalue weighted by molar-refractivity contribution is -0.114. The second-order valence-corrected chi connectivity index (χ2v) is 10.3. The van der Waals surface area contributed by atoms with Gasteiger partial charge in [0, 0.05) is 0 Å².